The van der Waals surface area contributed by atoms with E-state index in [0.29, 0.717) is 27.9 Å². The monoisotopic (exact) mass is 438 g/mol. The molecule has 1 heterocycles. The predicted octanol–water partition coefficient (Wildman–Crippen LogP) is 3.96. The summed E-state index contributed by atoms with van der Waals surface area (Å²) in [6.07, 6.45) is 1.48. The minimum Gasteiger partial charge on any atom is -0.267 e. The van der Waals surface area contributed by atoms with E-state index in [1.807, 2.05) is 0 Å². The lowest BCUT2D eigenvalue weighted by Crippen LogP contribution is -2.23. The van der Waals surface area contributed by atoms with Crippen LogP contribution in [0, 0.1) is 11.6 Å². The Morgan fingerprint density at radius 2 is 1.55 bits per heavy atom. The van der Waals surface area contributed by atoms with Gasteiger partial charge in [-0.05, 0) is 53.1 Å². The normalized spacial score (nSPS) is 11.1. The third-order valence-corrected chi connectivity index (χ3v) is 5.36. The fourth-order valence-electron chi connectivity index (χ4n) is 3.30. The fraction of sp³-hybridized carbons (Fsp3) is 0.0435. The second-order valence-corrected chi connectivity index (χ2v) is 7.81. The summed E-state index contributed by atoms with van der Waals surface area (Å²) in [7, 11) is -2.56. The van der Waals surface area contributed by atoms with Gasteiger partial charge in [-0.25, -0.2) is 17.2 Å². The smallest absolute Gasteiger partial charge is 0.267 e. The van der Waals surface area contributed by atoms with Crippen LogP contribution in [-0.2, 0) is 16.5 Å². The van der Waals surface area contributed by atoms with Crippen LogP contribution in [0.4, 0.5) is 8.78 Å². The molecule has 0 atom stereocenters. The molecule has 4 aromatic rings. The van der Waals surface area contributed by atoms with Gasteiger partial charge in [-0.3, -0.25) is 4.79 Å². The van der Waals surface area contributed by atoms with Gasteiger partial charge in [0.2, 0.25) is 0 Å². The van der Waals surface area contributed by atoms with Crippen molar-refractivity contribution in [2.45, 2.75) is 5.75 Å². The topological polar surface area (TPSA) is 69.0 Å². The lowest BCUT2D eigenvalue weighted by atomic mass is 9.96. The van der Waals surface area contributed by atoms with Crippen LogP contribution in [-0.4, -0.2) is 18.2 Å². The summed E-state index contributed by atoms with van der Waals surface area (Å²) in [5, 5.41) is 4.23. The van der Waals surface area contributed by atoms with Gasteiger partial charge in [0.25, 0.3) is 5.56 Å². The third kappa shape index (κ3) is 4.44. The maximum Gasteiger partial charge on any atom is 0.280 e. The van der Waals surface area contributed by atoms with Crippen LogP contribution in [0.1, 0.15) is 5.56 Å². The van der Waals surface area contributed by atoms with Gasteiger partial charge in [0.05, 0.1) is 23.2 Å². The van der Waals surface area contributed by atoms with Crippen molar-refractivity contribution in [3.63, 3.8) is 0 Å². The van der Waals surface area contributed by atoms with Crippen LogP contribution in [0.3, 0.4) is 0 Å². The molecule has 0 radical (unpaired) electrons. The second-order valence-electron chi connectivity index (χ2n) is 6.82. The number of aromatic nitrogens is 2. The van der Waals surface area contributed by atoms with Crippen molar-refractivity contribution < 1.29 is 17.2 Å². The van der Waals surface area contributed by atoms with Gasteiger partial charge >= 0.3 is 0 Å². The first-order chi connectivity index (χ1) is 14.9. The van der Waals surface area contributed by atoms with E-state index in [0.717, 1.165) is 4.68 Å². The highest BCUT2D eigenvalue weighted by atomic mass is 32.2. The van der Waals surface area contributed by atoms with Gasteiger partial charge in [0, 0.05) is 5.56 Å². The van der Waals surface area contributed by atoms with Crippen molar-refractivity contribution >= 4 is 10.7 Å². The Hall–Kier alpha value is -3.65. The first kappa shape index (κ1) is 20.6. The number of benzene rings is 3. The molecular formula is C23H16F2N2O3S. The molecule has 0 spiro atoms. The molecule has 8 heteroatoms. The van der Waals surface area contributed by atoms with E-state index >= 15 is 0 Å². The molecule has 0 aliphatic heterocycles. The quantitative estimate of drug-likeness (QED) is 0.479. The number of hydrogen-bond donors (Lipinski definition) is 1. The summed E-state index contributed by atoms with van der Waals surface area (Å²) >= 11 is 0. The molecule has 0 aliphatic rings. The largest absolute Gasteiger partial charge is 0.280 e. The zero-order chi connectivity index (χ0) is 22.0. The Morgan fingerprint density at radius 3 is 2.19 bits per heavy atom. The Kier molecular flexibility index (Phi) is 5.73. The van der Waals surface area contributed by atoms with Crippen molar-refractivity contribution in [1.29, 1.82) is 0 Å². The van der Waals surface area contributed by atoms with Gasteiger partial charge in [0.1, 0.15) is 22.3 Å². The first-order valence-electron chi connectivity index (χ1n) is 9.28. The Morgan fingerprint density at radius 1 is 0.839 bits per heavy atom. The molecule has 3 aromatic carbocycles. The molecule has 5 nitrogen and oxygen atoms in total. The summed E-state index contributed by atoms with van der Waals surface area (Å²) in [5.41, 5.74) is 2.16. The van der Waals surface area contributed by atoms with E-state index in [1.165, 1.54) is 48.7 Å². The van der Waals surface area contributed by atoms with E-state index in [1.54, 1.807) is 30.3 Å². The van der Waals surface area contributed by atoms with E-state index in [4.69, 9.17) is 0 Å². The van der Waals surface area contributed by atoms with E-state index < -0.39 is 27.9 Å². The molecule has 0 fully saturated rings. The number of hydrogen-bond acceptors (Lipinski definition) is 4. The molecular weight excluding hydrogens is 422 g/mol. The fourth-order valence-corrected chi connectivity index (χ4v) is 3.81. The molecule has 31 heavy (non-hydrogen) atoms. The molecule has 0 aliphatic carbocycles. The number of rotatable bonds is 5. The maximum absolute atomic E-state index is 13.9. The highest BCUT2D eigenvalue weighted by Gasteiger charge is 2.17. The van der Waals surface area contributed by atoms with Gasteiger partial charge in [-0.2, -0.15) is 9.78 Å². The average Bonchev–Trinajstić information content (AvgIpc) is 2.74. The van der Waals surface area contributed by atoms with Crippen LogP contribution >= 0.6 is 0 Å². The molecule has 0 unspecified atom stereocenters. The van der Waals surface area contributed by atoms with Gasteiger partial charge in [-0.15, -0.1) is 0 Å². The van der Waals surface area contributed by atoms with E-state index in [-0.39, 0.29) is 11.3 Å². The summed E-state index contributed by atoms with van der Waals surface area (Å²) in [6, 6.07) is 17.6. The van der Waals surface area contributed by atoms with E-state index in [9.17, 15) is 22.0 Å². The van der Waals surface area contributed by atoms with Crippen LogP contribution in [0.25, 0.3) is 27.9 Å². The van der Waals surface area contributed by atoms with Crippen molar-refractivity contribution in [3.05, 3.63) is 107 Å². The third-order valence-electron chi connectivity index (χ3n) is 4.74. The summed E-state index contributed by atoms with van der Waals surface area (Å²) < 4.78 is 50.3. The molecule has 4 rings (SSSR count). The number of halogens is 2. The Bertz CT molecular complexity index is 1370. The minimum absolute atomic E-state index is 0.0865. The van der Waals surface area contributed by atoms with Gasteiger partial charge in [0.15, 0.2) is 0 Å². The molecule has 0 bridgehead atoms. The Balaban J connectivity index is 1.92. The highest BCUT2D eigenvalue weighted by molar-refractivity contribution is 7.71. The molecule has 0 saturated heterocycles. The molecule has 0 N–H and O–H groups in total. The SMILES string of the molecule is O=c1c(-c2cccc(F)c2)c(-c2ccc(C[SH](=O)=O)cc2)cnn1-c1ccc(F)cc1. The minimum atomic E-state index is -2.56. The number of thiol groups is 1. The zero-order valence-corrected chi connectivity index (χ0v) is 16.9. The van der Waals surface area contributed by atoms with Crippen LogP contribution < -0.4 is 5.56 Å². The maximum atomic E-state index is 13.9. The number of nitrogens with zero attached hydrogens (tertiary/aromatic N) is 2. The zero-order valence-electron chi connectivity index (χ0n) is 16.0. The summed E-state index contributed by atoms with van der Waals surface area (Å²) in [5.74, 6) is -1.03. The van der Waals surface area contributed by atoms with Crippen LogP contribution in [0.2, 0.25) is 0 Å². The summed E-state index contributed by atoms with van der Waals surface area (Å²) in [6.45, 7) is 0. The average molecular weight is 438 g/mol. The van der Waals surface area contributed by atoms with Crippen molar-refractivity contribution in [3.8, 4) is 27.9 Å². The van der Waals surface area contributed by atoms with Crippen molar-refractivity contribution in [2.75, 3.05) is 0 Å². The molecule has 0 amide bonds. The summed E-state index contributed by atoms with van der Waals surface area (Å²) in [4.78, 5) is 13.4. The lowest BCUT2D eigenvalue weighted by molar-refractivity contribution is 0.614. The molecule has 1 aromatic heterocycles. The standard InChI is InChI=1S/C23H16F2N2O3S/c24-18-8-10-20(11-9-18)27-23(28)22(17-2-1-3-19(25)12-17)21(13-26-27)16-6-4-15(5-7-16)14-31(29)30/h1-13,31H,14H2. The van der Waals surface area contributed by atoms with Crippen LogP contribution in [0.15, 0.2) is 83.8 Å². The highest BCUT2D eigenvalue weighted by Crippen LogP contribution is 2.30. The van der Waals surface area contributed by atoms with Crippen LogP contribution in [0.5, 0.6) is 0 Å². The predicted molar refractivity (Wildman–Crippen MR) is 115 cm³/mol. The lowest BCUT2D eigenvalue weighted by Gasteiger charge is -2.13. The van der Waals surface area contributed by atoms with Gasteiger partial charge < -0.3 is 0 Å². The Labute approximate surface area is 178 Å². The van der Waals surface area contributed by atoms with Crippen molar-refractivity contribution in [1.82, 2.24) is 9.78 Å². The van der Waals surface area contributed by atoms with Gasteiger partial charge in [-0.1, -0.05) is 36.4 Å². The van der Waals surface area contributed by atoms with Crippen molar-refractivity contribution in [2.24, 2.45) is 0 Å². The molecule has 0 saturated carbocycles. The second kappa shape index (κ2) is 8.61. The first-order valence-corrected chi connectivity index (χ1v) is 10.6. The van der Waals surface area contributed by atoms with E-state index in [2.05, 4.69) is 5.10 Å². The molecule has 156 valence electrons.